The van der Waals surface area contributed by atoms with Crippen LogP contribution in [0.3, 0.4) is 0 Å². The van der Waals surface area contributed by atoms with Gasteiger partial charge in [0.1, 0.15) is 0 Å². The summed E-state index contributed by atoms with van der Waals surface area (Å²) >= 11 is 1.39. The lowest BCUT2D eigenvalue weighted by Gasteiger charge is -2.34. The van der Waals surface area contributed by atoms with Gasteiger partial charge in [-0.05, 0) is 49.2 Å². The fourth-order valence-corrected chi connectivity index (χ4v) is 6.14. The molecule has 168 valence electrons. The molecule has 0 spiro atoms. The fraction of sp³-hybridized carbons (Fsp3) is 0.304. The smallest absolute Gasteiger partial charge is 0.243 e. The Morgan fingerprint density at radius 1 is 1.00 bits per heavy atom. The molecule has 2 aromatic carbocycles. The molecule has 4 rings (SSSR count). The third-order valence-corrected chi connectivity index (χ3v) is 8.25. The molecule has 32 heavy (non-hydrogen) atoms. The van der Waals surface area contributed by atoms with Crippen LogP contribution in [0.5, 0.6) is 0 Å². The molecule has 0 bridgehead atoms. The maximum Gasteiger partial charge on any atom is 0.243 e. The number of hydrogen-bond donors (Lipinski definition) is 0. The van der Waals surface area contributed by atoms with Gasteiger partial charge in [-0.25, -0.2) is 13.4 Å². The van der Waals surface area contributed by atoms with E-state index in [9.17, 15) is 13.2 Å². The van der Waals surface area contributed by atoms with E-state index in [1.54, 1.807) is 41.4 Å². The van der Waals surface area contributed by atoms with Crippen molar-refractivity contribution in [2.75, 3.05) is 31.9 Å². The van der Waals surface area contributed by atoms with Gasteiger partial charge in [0.2, 0.25) is 15.9 Å². The van der Waals surface area contributed by atoms with Crippen molar-refractivity contribution in [3.63, 3.8) is 0 Å². The Bertz CT molecular complexity index is 1180. The molecule has 1 amide bonds. The topological polar surface area (TPSA) is 75.5 Å². The average molecular weight is 471 g/mol. The van der Waals surface area contributed by atoms with Crippen LogP contribution >= 0.6 is 11.8 Å². The first-order chi connectivity index (χ1) is 15.3. The van der Waals surface area contributed by atoms with Crippen LogP contribution < -0.4 is 0 Å². The van der Waals surface area contributed by atoms with Crippen LogP contribution in [0.2, 0.25) is 0 Å². The fourth-order valence-electron chi connectivity index (χ4n) is 3.82. The number of aryl methyl sites for hydroxylation is 2. The minimum Gasteiger partial charge on any atom is -0.339 e. The molecule has 0 aliphatic carbocycles. The first-order valence-corrected chi connectivity index (χ1v) is 12.8. The summed E-state index contributed by atoms with van der Waals surface area (Å²) in [4.78, 5) is 19.2. The first kappa shape index (κ1) is 22.6. The lowest BCUT2D eigenvalue weighted by Crippen LogP contribution is -2.50. The highest BCUT2D eigenvalue weighted by Gasteiger charge is 2.30. The molecule has 1 aliphatic rings. The second-order valence-corrected chi connectivity index (χ2v) is 10.7. The Kier molecular flexibility index (Phi) is 6.68. The second kappa shape index (κ2) is 9.48. The number of amides is 1. The number of rotatable bonds is 6. The van der Waals surface area contributed by atoms with Gasteiger partial charge < -0.3 is 4.90 Å². The molecule has 0 unspecified atom stereocenters. The highest BCUT2D eigenvalue weighted by Crippen LogP contribution is 2.23. The molecule has 9 heteroatoms. The molecule has 3 aromatic rings. The third kappa shape index (κ3) is 4.90. The summed E-state index contributed by atoms with van der Waals surface area (Å²) in [7, 11) is -3.53. The number of carbonyl (C=O) groups is 1. The number of benzene rings is 2. The van der Waals surface area contributed by atoms with Gasteiger partial charge in [0, 0.05) is 44.3 Å². The predicted molar refractivity (Wildman–Crippen MR) is 126 cm³/mol. The van der Waals surface area contributed by atoms with E-state index in [0.717, 1.165) is 10.8 Å². The van der Waals surface area contributed by atoms with Gasteiger partial charge in [-0.3, -0.25) is 9.36 Å². The van der Waals surface area contributed by atoms with Crippen molar-refractivity contribution in [2.45, 2.75) is 23.9 Å². The highest BCUT2D eigenvalue weighted by molar-refractivity contribution is 7.99. The normalized spacial score (nSPS) is 15.1. The molecule has 1 fully saturated rings. The Morgan fingerprint density at radius 2 is 1.66 bits per heavy atom. The molecule has 1 aromatic heterocycles. The maximum absolute atomic E-state index is 12.8. The van der Waals surface area contributed by atoms with Crippen molar-refractivity contribution in [3.8, 4) is 5.69 Å². The third-order valence-electron chi connectivity index (χ3n) is 5.39. The Balaban J connectivity index is 1.35. The van der Waals surface area contributed by atoms with E-state index in [2.05, 4.69) is 37.0 Å². The molecule has 7 nitrogen and oxygen atoms in total. The number of carbonyl (C=O) groups excluding carboxylic acids is 1. The summed E-state index contributed by atoms with van der Waals surface area (Å²) in [5.41, 5.74) is 3.36. The lowest BCUT2D eigenvalue weighted by atomic mass is 10.1. The van der Waals surface area contributed by atoms with Crippen LogP contribution in [0, 0.1) is 13.8 Å². The van der Waals surface area contributed by atoms with Crippen LogP contribution in [-0.4, -0.2) is 65.0 Å². The standard InChI is InChI=1S/C23H26N4O3S2/c1-18-14-19(2)16-20(15-18)27-9-8-24-23(27)31-17-22(28)25-10-12-26(13-11-25)32(29,30)21-6-4-3-5-7-21/h3-9,14-16H,10-13,17H2,1-2H3. The zero-order valence-corrected chi connectivity index (χ0v) is 19.8. The Hall–Kier alpha value is -2.62. The lowest BCUT2D eigenvalue weighted by molar-refractivity contribution is -0.129. The zero-order valence-electron chi connectivity index (χ0n) is 18.1. The summed E-state index contributed by atoms with van der Waals surface area (Å²) in [6.45, 7) is 5.48. The number of piperazine rings is 1. The van der Waals surface area contributed by atoms with Gasteiger partial charge in [0.05, 0.1) is 10.6 Å². The van der Waals surface area contributed by atoms with Crippen LogP contribution in [0.1, 0.15) is 11.1 Å². The number of aromatic nitrogens is 2. The van der Waals surface area contributed by atoms with Gasteiger partial charge in [-0.2, -0.15) is 4.31 Å². The SMILES string of the molecule is Cc1cc(C)cc(-n2ccnc2SCC(=O)N2CCN(S(=O)(=O)c3ccccc3)CC2)c1. The zero-order chi connectivity index (χ0) is 22.7. The van der Waals surface area contributed by atoms with Gasteiger partial charge in [-0.15, -0.1) is 0 Å². The van der Waals surface area contributed by atoms with Crippen LogP contribution in [0.25, 0.3) is 5.69 Å². The molecule has 2 heterocycles. The van der Waals surface area contributed by atoms with Crippen molar-refractivity contribution < 1.29 is 13.2 Å². The summed E-state index contributed by atoms with van der Waals surface area (Å²) in [6, 6.07) is 14.7. The van der Waals surface area contributed by atoms with E-state index >= 15 is 0 Å². The van der Waals surface area contributed by atoms with Gasteiger partial charge in [-0.1, -0.05) is 36.0 Å². The van der Waals surface area contributed by atoms with Gasteiger partial charge >= 0.3 is 0 Å². The minimum atomic E-state index is -3.53. The van der Waals surface area contributed by atoms with E-state index in [1.807, 2.05) is 10.8 Å². The molecule has 1 saturated heterocycles. The number of nitrogens with zero attached hydrogens (tertiary/aromatic N) is 4. The average Bonchev–Trinajstić information content (AvgIpc) is 3.26. The predicted octanol–water partition coefficient (Wildman–Crippen LogP) is 3.11. The van der Waals surface area contributed by atoms with Crippen molar-refractivity contribution in [2.24, 2.45) is 0 Å². The molecule has 0 radical (unpaired) electrons. The summed E-state index contributed by atoms with van der Waals surface area (Å²) in [5, 5.41) is 0.758. The molecule has 0 N–H and O–H groups in total. The van der Waals surface area contributed by atoms with Gasteiger partial charge in [0.25, 0.3) is 0 Å². The monoisotopic (exact) mass is 470 g/mol. The van der Waals surface area contributed by atoms with E-state index in [4.69, 9.17) is 0 Å². The van der Waals surface area contributed by atoms with Crippen molar-refractivity contribution in [1.82, 2.24) is 18.8 Å². The Morgan fingerprint density at radius 3 is 2.31 bits per heavy atom. The number of hydrogen-bond acceptors (Lipinski definition) is 5. The highest BCUT2D eigenvalue weighted by atomic mass is 32.2. The number of imidazole rings is 1. The molecule has 0 saturated carbocycles. The van der Waals surface area contributed by atoms with Crippen LogP contribution in [0.15, 0.2) is 71.0 Å². The quantitative estimate of drug-likeness (QED) is 0.518. The van der Waals surface area contributed by atoms with Crippen molar-refractivity contribution >= 4 is 27.7 Å². The van der Waals surface area contributed by atoms with Crippen molar-refractivity contribution in [1.29, 1.82) is 0 Å². The number of sulfonamides is 1. The number of thioether (sulfide) groups is 1. The summed E-state index contributed by atoms with van der Waals surface area (Å²) < 4.78 is 29.0. The van der Waals surface area contributed by atoms with E-state index in [1.165, 1.54) is 27.2 Å². The van der Waals surface area contributed by atoms with Crippen LogP contribution in [0.4, 0.5) is 0 Å². The molecular weight excluding hydrogens is 444 g/mol. The van der Waals surface area contributed by atoms with E-state index < -0.39 is 10.0 Å². The largest absolute Gasteiger partial charge is 0.339 e. The van der Waals surface area contributed by atoms with Crippen LogP contribution in [-0.2, 0) is 14.8 Å². The summed E-state index contributed by atoms with van der Waals surface area (Å²) in [5.74, 6) is 0.245. The minimum absolute atomic E-state index is 0.0123. The maximum atomic E-state index is 12.8. The van der Waals surface area contributed by atoms with E-state index in [0.29, 0.717) is 26.2 Å². The Labute approximate surface area is 193 Å². The van der Waals surface area contributed by atoms with Crippen molar-refractivity contribution in [3.05, 3.63) is 72.1 Å². The second-order valence-electron chi connectivity index (χ2n) is 7.81. The molecule has 0 atom stereocenters. The van der Waals surface area contributed by atoms with Gasteiger partial charge in [0.15, 0.2) is 5.16 Å². The molecular formula is C23H26N4O3S2. The first-order valence-electron chi connectivity index (χ1n) is 10.4. The summed E-state index contributed by atoms with van der Waals surface area (Å²) in [6.07, 6.45) is 3.63. The van der Waals surface area contributed by atoms with E-state index in [-0.39, 0.29) is 16.6 Å². The molecule has 1 aliphatic heterocycles.